The van der Waals surface area contributed by atoms with Gasteiger partial charge in [0, 0.05) is 19.9 Å². The summed E-state index contributed by atoms with van der Waals surface area (Å²) in [6.45, 7) is 5.42. The molecule has 1 heterocycles. The van der Waals surface area contributed by atoms with Crippen LogP contribution in [-0.2, 0) is 16.6 Å². The molecule has 0 aliphatic heterocycles. The van der Waals surface area contributed by atoms with Crippen LogP contribution in [0, 0.1) is 18.8 Å². The van der Waals surface area contributed by atoms with Gasteiger partial charge in [0.25, 0.3) is 5.97 Å². The van der Waals surface area contributed by atoms with E-state index in [-0.39, 0.29) is 11.8 Å². The molecular formula is C33H50N4O3S. The van der Waals surface area contributed by atoms with Crippen LogP contribution in [0.1, 0.15) is 95.4 Å². The normalized spacial score (nSPS) is 18.6. The predicted octanol–water partition coefficient (Wildman–Crippen LogP) is 7.43. The lowest BCUT2D eigenvalue weighted by Crippen LogP contribution is -2.27. The smallest absolute Gasteiger partial charge is 0.300 e. The molecule has 8 heteroatoms. The number of carbonyl (C=O) groups excluding carboxylic acids is 1. The number of hydrogen-bond donors (Lipinski definition) is 4. The molecule has 0 bridgehead atoms. The van der Waals surface area contributed by atoms with Gasteiger partial charge in [-0.05, 0) is 73.9 Å². The number of carboxylic acid groups (broad SMARTS) is 1. The fourth-order valence-electron chi connectivity index (χ4n) is 5.79. The first kappa shape index (κ1) is 34.4. The highest BCUT2D eigenvalue weighted by atomic mass is 32.1. The summed E-state index contributed by atoms with van der Waals surface area (Å²) in [5.74, 6) is 1.60. The molecule has 41 heavy (non-hydrogen) atoms. The first-order valence-corrected chi connectivity index (χ1v) is 15.4. The molecule has 1 amide bonds. The van der Waals surface area contributed by atoms with Crippen molar-refractivity contribution in [2.75, 3.05) is 7.05 Å². The van der Waals surface area contributed by atoms with Crippen LogP contribution in [0.3, 0.4) is 0 Å². The predicted molar refractivity (Wildman–Crippen MR) is 173 cm³/mol. The van der Waals surface area contributed by atoms with Crippen molar-refractivity contribution in [3.63, 3.8) is 0 Å². The number of carboxylic acids is 1. The fourth-order valence-corrected chi connectivity index (χ4v) is 5.79. The number of aliphatic carboxylic acids is 1. The van der Waals surface area contributed by atoms with E-state index in [0.717, 1.165) is 55.4 Å². The van der Waals surface area contributed by atoms with Gasteiger partial charge in [0.2, 0.25) is 5.91 Å². The first-order valence-electron chi connectivity index (χ1n) is 14.9. The average Bonchev–Trinajstić information content (AvgIpc) is 3.26. The molecule has 0 spiro atoms. The summed E-state index contributed by atoms with van der Waals surface area (Å²) in [4.78, 5) is 25.2. The minimum absolute atomic E-state index is 0.0308. The average molecular weight is 583 g/mol. The summed E-state index contributed by atoms with van der Waals surface area (Å²) in [5.41, 5.74) is 11.4. The van der Waals surface area contributed by atoms with Crippen molar-refractivity contribution >= 4 is 35.7 Å². The van der Waals surface area contributed by atoms with Gasteiger partial charge in [-0.15, -0.1) is 0 Å². The molecule has 2 aliphatic rings. The summed E-state index contributed by atoms with van der Waals surface area (Å²) < 4.78 is 4.56. The molecule has 0 radical (unpaired) electrons. The van der Waals surface area contributed by atoms with Crippen molar-refractivity contribution in [3.8, 4) is 11.1 Å². The quantitative estimate of drug-likeness (QED) is 0.239. The molecule has 0 saturated heterocycles. The third-order valence-corrected chi connectivity index (χ3v) is 8.20. The zero-order chi connectivity index (χ0) is 30.4. The first-order chi connectivity index (χ1) is 19.6. The van der Waals surface area contributed by atoms with Crippen molar-refractivity contribution in [1.29, 1.82) is 0 Å². The van der Waals surface area contributed by atoms with Crippen molar-refractivity contribution in [3.05, 3.63) is 53.9 Å². The maximum atomic E-state index is 11.5. The number of hydrogen-bond acceptors (Lipinski definition) is 5. The van der Waals surface area contributed by atoms with Crippen LogP contribution in [0.5, 0.6) is 0 Å². The highest BCUT2D eigenvalue weighted by Crippen LogP contribution is 2.37. The summed E-state index contributed by atoms with van der Waals surface area (Å²) in [6, 6.07) is 15.2. The van der Waals surface area contributed by atoms with Gasteiger partial charge < -0.3 is 15.4 Å². The van der Waals surface area contributed by atoms with Gasteiger partial charge in [0.05, 0.1) is 11.0 Å². The van der Waals surface area contributed by atoms with E-state index in [1.54, 1.807) is 7.05 Å². The van der Waals surface area contributed by atoms with E-state index in [1.807, 2.05) is 14.0 Å². The largest absolute Gasteiger partial charge is 0.481 e. The van der Waals surface area contributed by atoms with E-state index in [9.17, 15) is 4.79 Å². The lowest BCUT2D eigenvalue weighted by atomic mass is 9.77. The topological polar surface area (TPSA) is 110 Å². The molecule has 2 atom stereocenters. The molecule has 2 fully saturated rings. The maximum absolute atomic E-state index is 11.5. The number of nitrogens with zero attached hydrogens (tertiary/aromatic N) is 2. The van der Waals surface area contributed by atoms with Gasteiger partial charge in [-0.2, -0.15) is 0 Å². The van der Waals surface area contributed by atoms with Crippen molar-refractivity contribution in [2.24, 2.45) is 24.6 Å². The minimum atomic E-state index is -0.833. The Bertz CT molecular complexity index is 1220. The van der Waals surface area contributed by atoms with Crippen LogP contribution in [0.15, 0.2) is 42.5 Å². The number of nitrogens with one attached hydrogen (secondary N) is 1. The summed E-state index contributed by atoms with van der Waals surface area (Å²) in [6.07, 6.45) is 13.0. The molecule has 1 aromatic heterocycles. The van der Waals surface area contributed by atoms with Crippen LogP contribution in [-0.4, -0.2) is 33.6 Å². The summed E-state index contributed by atoms with van der Waals surface area (Å²) in [7, 11) is 3.78. The Morgan fingerprint density at radius 2 is 1.61 bits per heavy atom. The Morgan fingerprint density at radius 1 is 1.02 bits per heavy atom. The summed E-state index contributed by atoms with van der Waals surface area (Å²) >= 11 is 3.54. The Labute approximate surface area is 251 Å². The number of nitrogens with two attached hydrogens (primary N) is 1. The molecular weight excluding hydrogens is 532 g/mol. The van der Waals surface area contributed by atoms with E-state index in [1.165, 1.54) is 55.2 Å². The third-order valence-electron chi connectivity index (χ3n) is 8.20. The third kappa shape index (κ3) is 11.2. The Balaban J connectivity index is 0.000000323. The Morgan fingerprint density at radius 3 is 2.15 bits per heavy atom. The number of amides is 1. The molecule has 3 aromatic rings. The monoisotopic (exact) mass is 582 g/mol. The number of imidazole rings is 1. The highest BCUT2D eigenvalue weighted by molar-refractivity contribution is 7.78. The molecule has 5 rings (SSSR count). The SMILES string of the molecule is CC(=O)O.CCC1CCCCC1.CNS.Cc1nc2cc(-c3ccc(C4CCCC(C(N)=O)C4)cc3)ccc2n1C. The van der Waals surface area contributed by atoms with Crippen LogP contribution < -0.4 is 10.5 Å². The second-order valence-corrected chi connectivity index (χ2v) is 11.6. The number of thiol groups is 1. The summed E-state index contributed by atoms with van der Waals surface area (Å²) in [5, 5.41) is 7.42. The van der Waals surface area contributed by atoms with Crippen LogP contribution in [0.2, 0.25) is 0 Å². The van der Waals surface area contributed by atoms with Crippen LogP contribution in [0.4, 0.5) is 0 Å². The molecule has 2 aromatic carbocycles. The second kappa shape index (κ2) is 17.9. The number of rotatable bonds is 4. The second-order valence-electron chi connectivity index (χ2n) is 11.2. The van der Waals surface area contributed by atoms with Crippen molar-refractivity contribution < 1.29 is 14.7 Å². The molecule has 2 saturated carbocycles. The van der Waals surface area contributed by atoms with E-state index >= 15 is 0 Å². The van der Waals surface area contributed by atoms with Gasteiger partial charge in [-0.1, -0.05) is 95.0 Å². The molecule has 2 aliphatic carbocycles. The number of fused-ring (bicyclic) bond motifs is 1. The molecule has 4 N–H and O–H groups in total. The lowest BCUT2D eigenvalue weighted by Gasteiger charge is -2.27. The maximum Gasteiger partial charge on any atom is 0.300 e. The van der Waals surface area contributed by atoms with Crippen LogP contribution in [0.25, 0.3) is 22.2 Å². The van der Waals surface area contributed by atoms with Gasteiger partial charge >= 0.3 is 0 Å². The number of aryl methyl sites for hydroxylation is 2. The van der Waals surface area contributed by atoms with Crippen molar-refractivity contribution in [2.45, 2.75) is 90.9 Å². The zero-order valence-corrected chi connectivity index (χ0v) is 26.4. The van der Waals surface area contributed by atoms with E-state index in [4.69, 9.17) is 15.6 Å². The molecule has 226 valence electrons. The van der Waals surface area contributed by atoms with E-state index < -0.39 is 5.97 Å². The number of aromatic nitrogens is 2. The highest BCUT2D eigenvalue weighted by Gasteiger charge is 2.26. The molecule has 2 unspecified atom stereocenters. The van der Waals surface area contributed by atoms with Gasteiger partial charge in [-0.3, -0.25) is 14.3 Å². The van der Waals surface area contributed by atoms with Crippen LogP contribution >= 0.6 is 12.8 Å². The standard InChI is InChI=1S/C22H25N3O.C8H16.C2H4O2.CH5NS/c1-14-24-20-13-18(10-11-21(20)25(14)2)16-8-6-15(7-9-16)17-4-3-5-19(12-17)22(23)26;1-2-8-6-4-3-5-7-8;1-2(3)4;1-2-3/h6-11,13,17,19H,3-5,12H2,1-2H3,(H2,23,26);8H,2-7H2,1H3;1H3,(H,3,4);2-3H,1H3. The van der Waals surface area contributed by atoms with Gasteiger partial charge in [0.15, 0.2) is 0 Å². The van der Waals surface area contributed by atoms with E-state index in [0.29, 0.717) is 5.92 Å². The van der Waals surface area contributed by atoms with Crippen molar-refractivity contribution in [1.82, 2.24) is 14.3 Å². The lowest BCUT2D eigenvalue weighted by molar-refractivity contribution is -0.134. The number of primary amides is 1. The number of carbonyl (C=O) groups is 2. The minimum Gasteiger partial charge on any atom is -0.481 e. The Kier molecular flexibility index (Phi) is 15.0. The Hall–Kier alpha value is -2.84. The zero-order valence-electron chi connectivity index (χ0n) is 25.5. The molecule has 7 nitrogen and oxygen atoms in total. The fraction of sp³-hybridized carbons (Fsp3) is 0.545. The van der Waals surface area contributed by atoms with Gasteiger partial charge in [-0.25, -0.2) is 4.98 Å². The van der Waals surface area contributed by atoms with E-state index in [2.05, 4.69) is 76.5 Å². The van der Waals surface area contributed by atoms with Gasteiger partial charge in [0.1, 0.15) is 5.82 Å². The number of benzene rings is 2.